The summed E-state index contributed by atoms with van der Waals surface area (Å²) in [5.74, 6) is 0.331. The summed E-state index contributed by atoms with van der Waals surface area (Å²) in [6.07, 6.45) is 2.99. The summed E-state index contributed by atoms with van der Waals surface area (Å²) in [5.41, 5.74) is -0.747. The summed E-state index contributed by atoms with van der Waals surface area (Å²) in [5, 5.41) is 19.2. The van der Waals surface area contributed by atoms with Crippen LogP contribution in [-0.2, 0) is 0 Å². The first-order chi connectivity index (χ1) is 5.15. The molecule has 0 saturated heterocycles. The quantitative estimate of drug-likeness (QED) is 0.650. The fourth-order valence-electron chi connectivity index (χ4n) is 2.08. The van der Waals surface area contributed by atoms with Gasteiger partial charge in [-0.05, 0) is 18.8 Å². The maximum Gasteiger partial charge on any atom is 0.0934 e. The zero-order chi connectivity index (χ0) is 8.48. The van der Waals surface area contributed by atoms with Crippen LogP contribution in [0.4, 0.5) is 0 Å². The van der Waals surface area contributed by atoms with Gasteiger partial charge in [-0.3, -0.25) is 0 Å². The lowest BCUT2D eigenvalue weighted by Crippen LogP contribution is -2.59. The highest BCUT2D eigenvalue weighted by molar-refractivity contribution is 5.02. The van der Waals surface area contributed by atoms with Gasteiger partial charge in [0.05, 0.1) is 11.7 Å². The molecule has 1 rings (SSSR count). The van der Waals surface area contributed by atoms with Gasteiger partial charge >= 0.3 is 0 Å². The van der Waals surface area contributed by atoms with Gasteiger partial charge in [0.15, 0.2) is 0 Å². The lowest BCUT2D eigenvalue weighted by molar-refractivity contribution is -0.196. The molecule has 0 spiro atoms. The molecule has 2 nitrogen and oxygen atoms in total. The molecular weight excluding hydrogens is 140 g/mol. The number of aliphatic hydroxyl groups excluding tert-OH is 1. The minimum Gasteiger partial charge on any atom is -0.390 e. The Labute approximate surface area is 68.2 Å². The molecule has 0 amide bonds. The lowest BCUT2D eigenvalue weighted by atomic mass is 9.63. The number of rotatable bonds is 3. The summed E-state index contributed by atoms with van der Waals surface area (Å²) in [6.45, 7) is 4.10. The predicted octanol–water partition coefficient (Wildman–Crippen LogP) is 1.31. The SMILES string of the molecule is CCC[C@]1(O)[C@H](CC)C[C@H]1O. The molecule has 0 radical (unpaired) electrons. The molecule has 66 valence electrons. The van der Waals surface area contributed by atoms with Crippen LogP contribution >= 0.6 is 0 Å². The van der Waals surface area contributed by atoms with Crippen molar-refractivity contribution in [1.29, 1.82) is 0 Å². The Kier molecular flexibility index (Phi) is 2.55. The highest BCUT2D eigenvalue weighted by Crippen LogP contribution is 2.43. The molecule has 1 fully saturated rings. The molecule has 11 heavy (non-hydrogen) atoms. The maximum atomic E-state index is 9.89. The Morgan fingerprint density at radius 3 is 2.45 bits per heavy atom. The predicted molar refractivity (Wildman–Crippen MR) is 44.3 cm³/mol. The van der Waals surface area contributed by atoms with Gasteiger partial charge in [-0.2, -0.15) is 0 Å². The van der Waals surface area contributed by atoms with Gasteiger partial charge in [0.1, 0.15) is 0 Å². The van der Waals surface area contributed by atoms with E-state index in [1.165, 1.54) is 0 Å². The van der Waals surface area contributed by atoms with Gasteiger partial charge < -0.3 is 10.2 Å². The standard InChI is InChI=1S/C9H18O2/c1-3-5-9(11)7(4-2)6-8(9)10/h7-8,10-11H,3-6H2,1-2H3/t7-,8-,9+/m1/s1. The van der Waals surface area contributed by atoms with E-state index >= 15 is 0 Å². The minimum absolute atomic E-state index is 0.331. The highest BCUT2D eigenvalue weighted by atomic mass is 16.3. The van der Waals surface area contributed by atoms with Gasteiger partial charge in [-0.15, -0.1) is 0 Å². The molecule has 0 aliphatic heterocycles. The second kappa shape index (κ2) is 3.11. The Hall–Kier alpha value is -0.0800. The van der Waals surface area contributed by atoms with Crippen molar-refractivity contribution in [3.05, 3.63) is 0 Å². The van der Waals surface area contributed by atoms with Gasteiger partial charge in [0.25, 0.3) is 0 Å². The fraction of sp³-hybridized carbons (Fsp3) is 1.00. The van der Waals surface area contributed by atoms with Gasteiger partial charge in [0, 0.05) is 0 Å². The first-order valence-corrected chi connectivity index (χ1v) is 4.55. The first-order valence-electron chi connectivity index (χ1n) is 4.55. The van der Waals surface area contributed by atoms with Gasteiger partial charge in [0.2, 0.25) is 0 Å². The summed E-state index contributed by atoms with van der Waals surface area (Å²) < 4.78 is 0. The van der Waals surface area contributed by atoms with Crippen molar-refractivity contribution < 1.29 is 10.2 Å². The average Bonchev–Trinajstić information content (AvgIpc) is 2.00. The molecule has 1 aliphatic rings. The molecule has 0 aromatic rings. The molecule has 0 heterocycles. The lowest BCUT2D eigenvalue weighted by Gasteiger charge is -2.49. The number of aliphatic hydroxyl groups is 2. The van der Waals surface area contributed by atoms with Crippen molar-refractivity contribution in [2.24, 2.45) is 5.92 Å². The van der Waals surface area contributed by atoms with E-state index in [9.17, 15) is 10.2 Å². The van der Waals surface area contributed by atoms with Crippen LogP contribution in [-0.4, -0.2) is 21.9 Å². The summed E-state index contributed by atoms with van der Waals surface area (Å²) in [4.78, 5) is 0. The minimum atomic E-state index is -0.747. The second-order valence-electron chi connectivity index (χ2n) is 3.60. The van der Waals surface area contributed by atoms with Crippen molar-refractivity contribution >= 4 is 0 Å². The zero-order valence-electron chi connectivity index (χ0n) is 7.38. The van der Waals surface area contributed by atoms with E-state index in [0.29, 0.717) is 5.92 Å². The monoisotopic (exact) mass is 158 g/mol. The molecule has 1 aliphatic carbocycles. The topological polar surface area (TPSA) is 40.5 Å². The third kappa shape index (κ3) is 1.30. The first kappa shape index (κ1) is 9.01. The van der Waals surface area contributed by atoms with Crippen LogP contribution in [0.25, 0.3) is 0 Å². The molecule has 0 unspecified atom stereocenters. The van der Waals surface area contributed by atoms with Crippen LogP contribution in [0.2, 0.25) is 0 Å². The van der Waals surface area contributed by atoms with E-state index < -0.39 is 11.7 Å². The third-order valence-electron chi connectivity index (χ3n) is 2.94. The summed E-state index contributed by atoms with van der Waals surface area (Å²) in [7, 11) is 0. The van der Waals surface area contributed by atoms with Crippen LogP contribution in [0, 0.1) is 5.92 Å². The smallest absolute Gasteiger partial charge is 0.0934 e. The Morgan fingerprint density at radius 1 is 1.45 bits per heavy atom. The molecular formula is C9H18O2. The van der Waals surface area contributed by atoms with Gasteiger partial charge in [-0.25, -0.2) is 0 Å². The van der Waals surface area contributed by atoms with E-state index in [1.54, 1.807) is 0 Å². The highest BCUT2D eigenvalue weighted by Gasteiger charge is 2.51. The fourth-order valence-corrected chi connectivity index (χ4v) is 2.08. The molecule has 1 saturated carbocycles. The van der Waals surface area contributed by atoms with Crippen molar-refractivity contribution in [3.63, 3.8) is 0 Å². The van der Waals surface area contributed by atoms with E-state index in [4.69, 9.17) is 0 Å². The van der Waals surface area contributed by atoms with E-state index in [-0.39, 0.29) is 0 Å². The van der Waals surface area contributed by atoms with Crippen LogP contribution in [0.3, 0.4) is 0 Å². The Balaban J connectivity index is 2.50. The van der Waals surface area contributed by atoms with Crippen molar-refractivity contribution in [1.82, 2.24) is 0 Å². The van der Waals surface area contributed by atoms with E-state index in [0.717, 1.165) is 25.7 Å². The largest absolute Gasteiger partial charge is 0.390 e. The molecule has 0 aromatic carbocycles. The van der Waals surface area contributed by atoms with E-state index in [2.05, 4.69) is 6.92 Å². The number of hydrogen-bond acceptors (Lipinski definition) is 2. The van der Waals surface area contributed by atoms with Gasteiger partial charge in [-0.1, -0.05) is 26.7 Å². The zero-order valence-corrected chi connectivity index (χ0v) is 7.38. The molecule has 0 aromatic heterocycles. The van der Waals surface area contributed by atoms with E-state index in [1.807, 2.05) is 6.92 Å². The van der Waals surface area contributed by atoms with Crippen molar-refractivity contribution in [2.45, 2.75) is 51.2 Å². The Bertz CT molecular complexity index is 136. The van der Waals surface area contributed by atoms with Crippen molar-refractivity contribution in [3.8, 4) is 0 Å². The molecule has 2 heteroatoms. The average molecular weight is 158 g/mol. The van der Waals surface area contributed by atoms with Crippen LogP contribution in [0.5, 0.6) is 0 Å². The molecule has 2 N–H and O–H groups in total. The molecule has 3 atom stereocenters. The van der Waals surface area contributed by atoms with Crippen LogP contribution in [0.1, 0.15) is 39.5 Å². The maximum absolute atomic E-state index is 9.89. The summed E-state index contributed by atoms with van der Waals surface area (Å²) in [6, 6.07) is 0. The molecule has 0 bridgehead atoms. The Morgan fingerprint density at radius 2 is 2.09 bits per heavy atom. The van der Waals surface area contributed by atoms with Crippen LogP contribution < -0.4 is 0 Å². The summed E-state index contributed by atoms with van der Waals surface area (Å²) >= 11 is 0. The second-order valence-corrected chi connectivity index (χ2v) is 3.60. The third-order valence-corrected chi connectivity index (χ3v) is 2.94. The van der Waals surface area contributed by atoms with Crippen LogP contribution in [0.15, 0.2) is 0 Å². The normalized spacial score (nSPS) is 43.6. The van der Waals surface area contributed by atoms with Crippen molar-refractivity contribution in [2.75, 3.05) is 0 Å². The number of hydrogen-bond donors (Lipinski definition) is 2.